The van der Waals surface area contributed by atoms with Gasteiger partial charge in [0.2, 0.25) is 0 Å². The summed E-state index contributed by atoms with van der Waals surface area (Å²) >= 11 is 5.81. The number of halogens is 4. The van der Waals surface area contributed by atoms with E-state index in [1.165, 1.54) is 31.2 Å². The van der Waals surface area contributed by atoms with Crippen LogP contribution in [0.15, 0.2) is 42.5 Å². The molecule has 0 aliphatic heterocycles. The summed E-state index contributed by atoms with van der Waals surface area (Å²) in [5.41, 5.74) is 4.93. The van der Waals surface area contributed by atoms with Gasteiger partial charge in [-0.3, -0.25) is 4.79 Å². The molecule has 3 N–H and O–H groups in total. The van der Waals surface area contributed by atoms with Gasteiger partial charge in [0, 0.05) is 5.69 Å². The standard InChI is InChI=1S/C17H14ClF3N2O3/c1-9(26-16(25)10-2-5-12(22)6-3-10)15(24)23-14-8-11(17(19,20)21)4-7-13(14)18/h2-9H,22H2,1H3,(H,23,24)/t9-/m1/s1. The van der Waals surface area contributed by atoms with Crippen molar-refractivity contribution >= 4 is 34.9 Å². The van der Waals surface area contributed by atoms with E-state index in [4.69, 9.17) is 22.1 Å². The molecule has 0 bridgehead atoms. The van der Waals surface area contributed by atoms with Gasteiger partial charge in [0.15, 0.2) is 6.10 Å². The number of nitrogens with one attached hydrogen (secondary N) is 1. The summed E-state index contributed by atoms with van der Waals surface area (Å²) in [5.74, 6) is -1.60. The Bertz CT molecular complexity index is 823. The summed E-state index contributed by atoms with van der Waals surface area (Å²) < 4.78 is 43.2. The van der Waals surface area contributed by atoms with E-state index in [1.54, 1.807) is 0 Å². The molecule has 1 amide bonds. The predicted octanol–water partition coefficient (Wildman–Crippen LogP) is 4.13. The Hall–Kier alpha value is -2.74. The maximum atomic E-state index is 12.7. The molecule has 26 heavy (non-hydrogen) atoms. The molecule has 0 aliphatic carbocycles. The molecule has 0 saturated heterocycles. The molecular formula is C17H14ClF3N2O3. The van der Waals surface area contributed by atoms with E-state index in [2.05, 4.69) is 5.32 Å². The number of alkyl halides is 3. The summed E-state index contributed by atoms with van der Waals surface area (Å²) in [7, 11) is 0. The lowest BCUT2D eigenvalue weighted by molar-refractivity contribution is -0.137. The lowest BCUT2D eigenvalue weighted by Crippen LogP contribution is -2.30. The first-order valence-corrected chi connectivity index (χ1v) is 7.70. The van der Waals surface area contributed by atoms with Crippen LogP contribution in [0, 0.1) is 0 Å². The number of esters is 1. The van der Waals surface area contributed by atoms with E-state index in [1.807, 2.05) is 0 Å². The fourth-order valence-electron chi connectivity index (χ4n) is 1.93. The van der Waals surface area contributed by atoms with Crippen LogP contribution in [0.4, 0.5) is 24.5 Å². The molecule has 1 atom stereocenters. The van der Waals surface area contributed by atoms with E-state index < -0.39 is 29.7 Å². The lowest BCUT2D eigenvalue weighted by atomic mass is 10.2. The second-order valence-corrected chi connectivity index (χ2v) is 5.76. The highest BCUT2D eigenvalue weighted by Gasteiger charge is 2.31. The smallest absolute Gasteiger partial charge is 0.416 e. The molecule has 0 aromatic heterocycles. The van der Waals surface area contributed by atoms with Crippen molar-refractivity contribution in [3.63, 3.8) is 0 Å². The van der Waals surface area contributed by atoms with Crippen LogP contribution in [0.5, 0.6) is 0 Å². The second kappa shape index (κ2) is 7.65. The molecule has 0 saturated carbocycles. The largest absolute Gasteiger partial charge is 0.449 e. The summed E-state index contributed by atoms with van der Waals surface area (Å²) in [5, 5.41) is 2.14. The van der Waals surface area contributed by atoms with Crippen LogP contribution in [0.25, 0.3) is 0 Å². The Balaban J connectivity index is 2.07. The van der Waals surface area contributed by atoms with Crippen LogP contribution in [0.1, 0.15) is 22.8 Å². The normalized spacial score (nSPS) is 12.3. The van der Waals surface area contributed by atoms with Crippen molar-refractivity contribution in [3.05, 3.63) is 58.6 Å². The Labute approximate surface area is 151 Å². The van der Waals surface area contributed by atoms with Gasteiger partial charge in [-0.25, -0.2) is 4.79 Å². The summed E-state index contributed by atoms with van der Waals surface area (Å²) in [6.07, 6.45) is -5.84. The third kappa shape index (κ3) is 4.89. The number of carbonyl (C=O) groups excluding carboxylic acids is 2. The van der Waals surface area contributed by atoms with Crippen molar-refractivity contribution in [2.45, 2.75) is 19.2 Å². The maximum absolute atomic E-state index is 12.7. The number of hydrogen-bond donors (Lipinski definition) is 2. The Kier molecular flexibility index (Phi) is 5.76. The van der Waals surface area contributed by atoms with Crippen LogP contribution >= 0.6 is 11.6 Å². The fraction of sp³-hybridized carbons (Fsp3) is 0.176. The third-order valence-corrected chi connectivity index (χ3v) is 3.68. The SMILES string of the molecule is C[C@@H](OC(=O)c1ccc(N)cc1)C(=O)Nc1cc(C(F)(F)F)ccc1Cl. The minimum absolute atomic E-state index is 0.0802. The molecular weight excluding hydrogens is 373 g/mol. The average molecular weight is 387 g/mol. The Morgan fingerprint density at radius 1 is 1.15 bits per heavy atom. The van der Waals surface area contributed by atoms with Crippen molar-refractivity contribution in [2.24, 2.45) is 0 Å². The minimum atomic E-state index is -4.59. The van der Waals surface area contributed by atoms with Crippen LogP contribution in [0.2, 0.25) is 5.02 Å². The first kappa shape index (κ1) is 19.6. The number of carbonyl (C=O) groups is 2. The van der Waals surface area contributed by atoms with Gasteiger partial charge in [0.1, 0.15) is 0 Å². The molecule has 0 aliphatic rings. The number of amides is 1. The third-order valence-electron chi connectivity index (χ3n) is 3.35. The van der Waals surface area contributed by atoms with Gasteiger partial charge < -0.3 is 15.8 Å². The van der Waals surface area contributed by atoms with Gasteiger partial charge in [-0.2, -0.15) is 13.2 Å². The van der Waals surface area contributed by atoms with Crippen molar-refractivity contribution in [1.82, 2.24) is 0 Å². The quantitative estimate of drug-likeness (QED) is 0.611. The molecule has 2 aromatic carbocycles. The van der Waals surface area contributed by atoms with Crippen LogP contribution in [-0.4, -0.2) is 18.0 Å². The summed E-state index contributed by atoms with van der Waals surface area (Å²) in [6, 6.07) is 8.34. The topological polar surface area (TPSA) is 81.4 Å². The first-order valence-electron chi connectivity index (χ1n) is 7.32. The molecule has 0 heterocycles. The number of nitrogens with two attached hydrogens (primary N) is 1. The fourth-order valence-corrected chi connectivity index (χ4v) is 2.10. The van der Waals surface area contributed by atoms with Crippen LogP contribution in [0.3, 0.4) is 0 Å². The Morgan fingerprint density at radius 2 is 1.77 bits per heavy atom. The lowest BCUT2D eigenvalue weighted by Gasteiger charge is -2.15. The summed E-state index contributed by atoms with van der Waals surface area (Å²) in [4.78, 5) is 24.1. The van der Waals surface area contributed by atoms with Crippen molar-refractivity contribution in [2.75, 3.05) is 11.1 Å². The van der Waals surface area contributed by atoms with Crippen LogP contribution < -0.4 is 11.1 Å². The highest BCUT2D eigenvalue weighted by molar-refractivity contribution is 6.33. The molecule has 2 rings (SSSR count). The zero-order valence-electron chi connectivity index (χ0n) is 13.4. The van der Waals surface area contributed by atoms with Gasteiger partial charge in [-0.05, 0) is 49.4 Å². The molecule has 0 spiro atoms. The van der Waals surface area contributed by atoms with Gasteiger partial charge >= 0.3 is 12.1 Å². The van der Waals surface area contributed by atoms with E-state index >= 15 is 0 Å². The molecule has 2 aromatic rings. The summed E-state index contributed by atoms with van der Waals surface area (Å²) in [6.45, 7) is 1.28. The highest BCUT2D eigenvalue weighted by atomic mass is 35.5. The number of anilines is 2. The van der Waals surface area contributed by atoms with E-state index in [9.17, 15) is 22.8 Å². The number of nitrogen functional groups attached to an aromatic ring is 1. The average Bonchev–Trinajstić information content (AvgIpc) is 2.56. The highest BCUT2D eigenvalue weighted by Crippen LogP contribution is 2.33. The second-order valence-electron chi connectivity index (χ2n) is 5.35. The number of benzene rings is 2. The molecule has 5 nitrogen and oxygen atoms in total. The molecule has 0 fully saturated rings. The maximum Gasteiger partial charge on any atom is 0.416 e. The van der Waals surface area contributed by atoms with Gasteiger partial charge in [0.25, 0.3) is 5.91 Å². The number of ether oxygens (including phenoxy) is 1. The van der Waals surface area contributed by atoms with Gasteiger partial charge in [-0.1, -0.05) is 11.6 Å². The molecule has 0 unspecified atom stereocenters. The van der Waals surface area contributed by atoms with Crippen molar-refractivity contribution in [1.29, 1.82) is 0 Å². The molecule has 0 radical (unpaired) electrons. The van der Waals surface area contributed by atoms with Crippen molar-refractivity contribution in [3.8, 4) is 0 Å². The zero-order chi connectivity index (χ0) is 19.5. The van der Waals surface area contributed by atoms with E-state index in [0.717, 1.165) is 12.1 Å². The zero-order valence-corrected chi connectivity index (χ0v) is 14.2. The Morgan fingerprint density at radius 3 is 2.35 bits per heavy atom. The minimum Gasteiger partial charge on any atom is -0.449 e. The number of rotatable bonds is 4. The first-order chi connectivity index (χ1) is 12.1. The van der Waals surface area contributed by atoms with E-state index in [-0.39, 0.29) is 16.3 Å². The number of hydrogen-bond acceptors (Lipinski definition) is 4. The van der Waals surface area contributed by atoms with Crippen LogP contribution in [-0.2, 0) is 15.7 Å². The van der Waals surface area contributed by atoms with Gasteiger partial charge in [-0.15, -0.1) is 0 Å². The monoisotopic (exact) mass is 386 g/mol. The molecule has 9 heteroatoms. The predicted molar refractivity (Wildman–Crippen MR) is 90.8 cm³/mol. The van der Waals surface area contributed by atoms with E-state index in [0.29, 0.717) is 11.8 Å². The van der Waals surface area contributed by atoms with Gasteiger partial charge in [0.05, 0.1) is 21.8 Å². The molecule has 138 valence electrons. The van der Waals surface area contributed by atoms with Crippen molar-refractivity contribution < 1.29 is 27.5 Å².